The Hall–Kier alpha value is -1.67. The van der Waals surface area contributed by atoms with Crippen molar-refractivity contribution in [3.63, 3.8) is 0 Å². The molecule has 0 radical (unpaired) electrons. The lowest BCUT2D eigenvalue weighted by Gasteiger charge is -2.35. The van der Waals surface area contributed by atoms with E-state index in [-0.39, 0.29) is 24.1 Å². The monoisotopic (exact) mass is 371 g/mol. The molecule has 1 aromatic heterocycles. The minimum atomic E-state index is -4.48. The lowest BCUT2D eigenvalue weighted by atomic mass is 10.0. The molecule has 2 saturated heterocycles. The number of aromatic nitrogens is 1. The SMILES string of the molecule is CC(=O)NCc1cnc([C@H]2CCCN2C2CCOCC2)cc1C(F)(F)F. The Balaban J connectivity index is 1.85. The molecule has 1 amide bonds. The quantitative estimate of drug-likeness (QED) is 0.884. The summed E-state index contributed by atoms with van der Waals surface area (Å²) in [7, 11) is 0. The third-order valence-corrected chi connectivity index (χ3v) is 5.14. The van der Waals surface area contributed by atoms with E-state index in [1.807, 2.05) is 0 Å². The second-order valence-corrected chi connectivity index (χ2v) is 6.91. The van der Waals surface area contributed by atoms with Crippen molar-refractivity contribution < 1.29 is 22.7 Å². The summed E-state index contributed by atoms with van der Waals surface area (Å²) in [6.07, 6.45) is 0.361. The van der Waals surface area contributed by atoms with Crippen LogP contribution in [0.3, 0.4) is 0 Å². The van der Waals surface area contributed by atoms with Crippen molar-refractivity contribution in [1.29, 1.82) is 0 Å². The zero-order valence-corrected chi connectivity index (χ0v) is 14.8. The van der Waals surface area contributed by atoms with E-state index in [4.69, 9.17) is 4.74 Å². The van der Waals surface area contributed by atoms with Crippen molar-refractivity contribution in [2.45, 2.75) is 57.4 Å². The predicted molar refractivity (Wildman–Crippen MR) is 89.3 cm³/mol. The highest BCUT2D eigenvalue weighted by molar-refractivity contribution is 5.72. The van der Waals surface area contributed by atoms with Crippen LogP contribution in [0.15, 0.2) is 12.3 Å². The minimum Gasteiger partial charge on any atom is -0.381 e. The maximum absolute atomic E-state index is 13.5. The average Bonchev–Trinajstić information content (AvgIpc) is 3.09. The molecule has 2 aliphatic rings. The van der Waals surface area contributed by atoms with Gasteiger partial charge >= 0.3 is 6.18 Å². The van der Waals surface area contributed by atoms with Gasteiger partial charge in [-0.2, -0.15) is 13.2 Å². The first kappa shape index (κ1) is 19.1. The topological polar surface area (TPSA) is 54.5 Å². The van der Waals surface area contributed by atoms with Gasteiger partial charge in [0.15, 0.2) is 0 Å². The molecule has 0 aliphatic carbocycles. The van der Waals surface area contributed by atoms with Gasteiger partial charge in [0.2, 0.25) is 5.91 Å². The van der Waals surface area contributed by atoms with Gasteiger partial charge < -0.3 is 10.1 Å². The fourth-order valence-corrected chi connectivity index (χ4v) is 3.87. The van der Waals surface area contributed by atoms with Gasteiger partial charge in [-0.3, -0.25) is 14.7 Å². The summed E-state index contributed by atoms with van der Waals surface area (Å²) in [5.41, 5.74) is -0.255. The van der Waals surface area contributed by atoms with Crippen LogP contribution in [0.2, 0.25) is 0 Å². The van der Waals surface area contributed by atoms with E-state index in [2.05, 4.69) is 15.2 Å². The number of rotatable bonds is 4. The number of hydrogen-bond acceptors (Lipinski definition) is 4. The highest BCUT2D eigenvalue weighted by Crippen LogP contribution is 2.38. The molecule has 2 fully saturated rings. The van der Waals surface area contributed by atoms with Crippen molar-refractivity contribution >= 4 is 5.91 Å². The molecule has 0 aromatic carbocycles. The Bertz CT molecular complexity index is 645. The van der Waals surface area contributed by atoms with Gasteiger partial charge in [-0.05, 0) is 38.3 Å². The first-order valence-electron chi connectivity index (χ1n) is 9.00. The molecule has 0 bridgehead atoms. The smallest absolute Gasteiger partial charge is 0.381 e. The van der Waals surface area contributed by atoms with Crippen LogP contribution in [0, 0.1) is 0 Å². The fourth-order valence-electron chi connectivity index (χ4n) is 3.87. The molecule has 1 aromatic rings. The lowest BCUT2D eigenvalue weighted by Crippen LogP contribution is -2.39. The molecule has 1 N–H and O–H groups in total. The number of alkyl halides is 3. The summed E-state index contributed by atoms with van der Waals surface area (Å²) in [5, 5.41) is 2.42. The van der Waals surface area contributed by atoms with E-state index >= 15 is 0 Å². The van der Waals surface area contributed by atoms with Crippen molar-refractivity contribution in [3.8, 4) is 0 Å². The molecule has 3 heterocycles. The van der Waals surface area contributed by atoms with Crippen LogP contribution in [0.4, 0.5) is 13.2 Å². The van der Waals surface area contributed by atoms with Gasteiger partial charge in [0.25, 0.3) is 0 Å². The molecule has 8 heteroatoms. The standard InChI is InChI=1S/C18H24F3N3O2/c1-12(25)22-10-13-11-23-16(9-15(13)18(19,20)21)17-3-2-6-24(17)14-4-7-26-8-5-14/h9,11,14,17H,2-8,10H2,1H3,(H,22,25)/t17-/m1/s1. The molecular formula is C18H24F3N3O2. The van der Waals surface area contributed by atoms with Crippen LogP contribution in [0.1, 0.15) is 55.5 Å². The number of amides is 1. The second kappa shape index (κ2) is 7.92. The number of nitrogens with zero attached hydrogens (tertiary/aromatic N) is 2. The Morgan fingerprint density at radius 3 is 2.73 bits per heavy atom. The van der Waals surface area contributed by atoms with Crippen molar-refractivity contribution in [3.05, 3.63) is 29.1 Å². The van der Waals surface area contributed by atoms with Crippen molar-refractivity contribution in [2.24, 2.45) is 0 Å². The average molecular weight is 371 g/mol. The Labute approximate surface area is 150 Å². The van der Waals surface area contributed by atoms with E-state index in [9.17, 15) is 18.0 Å². The Morgan fingerprint density at radius 2 is 2.08 bits per heavy atom. The molecule has 3 rings (SSSR count). The van der Waals surface area contributed by atoms with Gasteiger partial charge in [0.05, 0.1) is 17.3 Å². The molecule has 0 saturated carbocycles. The highest BCUT2D eigenvalue weighted by atomic mass is 19.4. The van der Waals surface area contributed by atoms with E-state index < -0.39 is 11.7 Å². The van der Waals surface area contributed by atoms with Crippen LogP contribution < -0.4 is 5.32 Å². The summed E-state index contributed by atoms with van der Waals surface area (Å²) < 4.78 is 46.0. The number of likely N-dealkylation sites (tertiary alicyclic amines) is 1. The predicted octanol–water partition coefficient (Wildman–Crippen LogP) is 3.05. The molecule has 2 aliphatic heterocycles. The number of ether oxygens (including phenoxy) is 1. The third kappa shape index (κ3) is 4.35. The van der Waals surface area contributed by atoms with Gasteiger partial charge in [-0.1, -0.05) is 0 Å². The summed E-state index contributed by atoms with van der Waals surface area (Å²) in [6, 6.07) is 1.42. The highest BCUT2D eigenvalue weighted by Gasteiger charge is 2.37. The number of nitrogens with one attached hydrogen (secondary N) is 1. The molecule has 0 spiro atoms. The normalized spacial score (nSPS) is 22.5. The van der Waals surface area contributed by atoms with E-state index in [0.717, 1.165) is 32.2 Å². The number of halogens is 3. The zero-order chi connectivity index (χ0) is 18.7. The van der Waals surface area contributed by atoms with Gasteiger partial charge in [-0.15, -0.1) is 0 Å². The molecule has 1 atom stereocenters. The maximum atomic E-state index is 13.5. The Morgan fingerprint density at radius 1 is 1.35 bits per heavy atom. The zero-order valence-electron chi connectivity index (χ0n) is 14.8. The molecule has 26 heavy (non-hydrogen) atoms. The number of carbonyl (C=O) groups is 1. The van der Waals surface area contributed by atoms with E-state index in [0.29, 0.717) is 24.9 Å². The number of pyridine rings is 1. The first-order valence-corrected chi connectivity index (χ1v) is 9.00. The summed E-state index contributed by atoms with van der Waals surface area (Å²) in [5.74, 6) is -0.372. The third-order valence-electron chi connectivity index (χ3n) is 5.14. The molecule has 0 unspecified atom stereocenters. The first-order chi connectivity index (χ1) is 12.4. The van der Waals surface area contributed by atoms with Crippen LogP contribution in [-0.4, -0.2) is 41.6 Å². The second-order valence-electron chi connectivity index (χ2n) is 6.91. The van der Waals surface area contributed by atoms with Crippen LogP contribution >= 0.6 is 0 Å². The molecule has 5 nitrogen and oxygen atoms in total. The largest absolute Gasteiger partial charge is 0.416 e. The lowest BCUT2D eigenvalue weighted by molar-refractivity contribution is -0.138. The van der Waals surface area contributed by atoms with Gasteiger partial charge in [0, 0.05) is 44.5 Å². The van der Waals surface area contributed by atoms with Crippen LogP contribution in [0.5, 0.6) is 0 Å². The maximum Gasteiger partial charge on any atom is 0.416 e. The number of carbonyl (C=O) groups excluding carboxylic acids is 1. The number of hydrogen-bond donors (Lipinski definition) is 1. The summed E-state index contributed by atoms with van der Waals surface area (Å²) in [4.78, 5) is 17.7. The minimum absolute atomic E-state index is 0.00735. The molecule has 144 valence electrons. The van der Waals surface area contributed by atoms with Crippen molar-refractivity contribution in [2.75, 3.05) is 19.8 Å². The fraction of sp³-hybridized carbons (Fsp3) is 0.667. The molecular weight excluding hydrogens is 347 g/mol. The van der Waals surface area contributed by atoms with Crippen LogP contribution in [-0.2, 0) is 22.3 Å². The van der Waals surface area contributed by atoms with E-state index in [1.165, 1.54) is 19.2 Å². The summed E-state index contributed by atoms with van der Waals surface area (Å²) >= 11 is 0. The Kier molecular flexibility index (Phi) is 5.82. The van der Waals surface area contributed by atoms with Gasteiger partial charge in [0.1, 0.15) is 0 Å². The van der Waals surface area contributed by atoms with Crippen LogP contribution in [0.25, 0.3) is 0 Å². The van der Waals surface area contributed by atoms with Gasteiger partial charge in [-0.25, -0.2) is 0 Å². The summed E-state index contributed by atoms with van der Waals surface area (Å²) in [6.45, 7) is 3.38. The van der Waals surface area contributed by atoms with Crippen molar-refractivity contribution in [1.82, 2.24) is 15.2 Å². The van der Waals surface area contributed by atoms with E-state index in [1.54, 1.807) is 0 Å².